The molecule has 0 aromatic carbocycles. The summed E-state index contributed by atoms with van der Waals surface area (Å²) in [5.41, 5.74) is 1.01. The first kappa shape index (κ1) is 15.2. The van der Waals surface area contributed by atoms with E-state index in [4.69, 9.17) is 11.6 Å². The van der Waals surface area contributed by atoms with Crippen molar-refractivity contribution in [1.29, 1.82) is 0 Å². The third-order valence-electron chi connectivity index (χ3n) is 4.08. The number of rotatable bonds is 5. The van der Waals surface area contributed by atoms with Crippen LogP contribution in [0.5, 0.6) is 0 Å². The highest BCUT2D eigenvalue weighted by Crippen LogP contribution is 2.33. The lowest BCUT2D eigenvalue weighted by atomic mass is 10.1. The zero-order valence-electron chi connectivity index (χ0n) is 12.3. The largest absolute Gasteiger partial charge is 0.305 e. The molecular weight excluding hydrogens is 278 g/mol. The number of nitrogens with zero attached hydrogens (tertiary/aromatic N) is 3. The van der Waals surface area contributed by atoms with Crippen LogP contribution in [0.25, 0.3) is 0 Å². The Morgan fingerprint density at radius 1 is 1.53 bits per heavy atom. The maximum absolute atomic E-state index is 5.86. The van der Waals surface area contributed by atoms with E-state index < -0.39 is 0 Å². The third-order valence-corrected chi connectivity index (χ3v) is 5.35. The second-order valence-corrected chi connectivity index (χ2v) is 6.85. The summed E-state index contributed by atoms with van der Waals surface area (Å²) in [6, 6.07) is 1.11. The van der Waals surface area contributed by atoms with Crippen molar-refractivity contribution >= 4 is 22.9 Å². The van der Waals surface area contributed by atoms with E-state index in [-0.39, 0.29) is 0 Å². The van der Waals surface area contributed by atoms with E-state index in [9.17, 15) is 0 Å². The highest BCUT2D eigenvalue weighted by Gasteiger charge is 2.35. The van der Waals surface area contributed by atoms with Crippen molar-refractivity contribution in [2.45, 2.75) is 38.2 Å². The lowest BCUT2D eigenvalue weighted by molar-refractivity contribution is 0.211. The number of hydrogen-bond acceptors (Lipinski definition) is 4. The van der Waals surface area contributed by atoms with Crippen molar-refractivity contribution in [3.63, 3.8) is 0 Å². The zero-order valence-corrected chi connectivity index (χ0v) is 13.8. The first-order chi connectivity index (χ1) is 9.06. The van der Waals surface area contributed by atoms with Gasteiger partial charge in [-0.3, -0.25) is 4.90 Å². The zero-order chi connectivity index (χ0) is 14.0. The minimum absolute atomic E-state index is 0.453. The summed E-state index contributed by atoms with van der Waals surface area (Å²) >= 11 is 7.61. The average Bonchev–Trinajstić information content (AvgIpc) is 2.97. The predicted molar refractivity (Wildman–Crippen MR) is 82.9 cm³/mol. The Kier molecular flexibility index (Phi) is 5.23. The second kappa shape index (κ2) is 6.53. The molecule has 3 unspecified atom stereocenters. The third kappa shape index (κ3) is 3.30. The summed E-state index contributed by atoms with van der Waals surface area (Å²) in [4.78, 5) is 9.61. The number of alkyl halides is 1. The second-order valence-electron chi connectivity index (χ2n) is 5.70. The molecule has 1 saturated heterocycles. The Labute approximate surface area is 125 Å². The van der Waals surface area contributed by atoms with Crippen LogP contribution in [-0.2, 0) is 5.88 Å². The molecule has 1 aliphatic heterocycles. The molecule has 0 aliphatic carbocycles. The average molecular weight is 302 g/mol. The first-order valence-electron chi connectivity index (χ1n) is 6.97. The number of hydrogen-bond donors (Lipinski definition) is 0. The fourth-order valence-corrected chi connectivity index (χ4v) is 4.30. The molecule has 108 valence electrons. The minimum Gasteiger partial charge on any atom is -0.305 e. The van der Waals surface area contributed by atoms with Crippen molar-refractivity contribution in [1.82, 2.24) is 14.8 Å². The van der Waals surface area contributed by atoms with Crippen molar-refractivity contribution in [3.05, 3.63) is 16.1 Å². The Balaban J connectivity index is 2.10. The number of likely N-dealkylation sites (N-methyl/N-ethyl adjacent to an activating group) is 1. The van der Waals surface area contributed by atoms with Gasteiger partial charge < -0.3 is 4.90 Å². The summed E-state index contributed by atoms with van der Waals surface area (Å²) in [5.74, 6) is 1.24. The lowest BCUT2D eigenvalue weighted by Gasteiger charge is -2.26. The molecule has 19 heavy (non-hydrogen) atoms. The van der Waals surface area contributed by atoms with E-state index in [2.05, 4.69) is 48.1 Å². The first-order valence-corrected chi connectivity index (χ1v) is 8.39. The molecule has 0 bridgehead atoms. The molecule has 3 nitrogen and oxygen atoms in total. The predicted octanol–water partition coefficient (Wildman–Crippen LogP) is 3.21. The molecule has 1 aromatic rings. The van der Waals surface area contributed by atoms with Gasteiger partial charge in [0.1, 0.15) is 5.01 Å². The van der Waals surface area contributed by atoms with Gasteiger partial charge in [0.25, 0.3) is 0 Å². The van der Waals surface area contributed by atoms with Crippen LogP contribution in [0.4, 0.5) is 0 Å². The van der Waals surface area contributed by atoms with Gasteiger partial charge in [-0.2, -0.15) is 0 Å². The van der Waals surface area contributed by atoms with Gasteiger partial charge in [0.15, 0.2) is 0 Å². The van der Waals surface area contributed by atoms with Crippen LogP contribution in [-0.4, -0.2) is 48.0 Å². The number of thiazole rings is 1. The fraction of sp³-hybridized carbons (Fsp3) is 0.786. The van der Waals surface area contributed by atoms with Crippen molar-refractivity contribution in [3.8, 4) is 0 Å². The molecule has 0 radical (unpaired) electrons. The Bertz CT molecular complexity index is 407. The molecule has 0 amide bonds. The van der Waals surface area contributed by atoms with E-state index in [1.165, 1.54) is 5.01 Å². The van der Waals surface area contributed by atoms with Gasteiger partial charge in [0.05, 0.1) is 17.6 Å². The Morgan fingerprint density at radius 2 is 2.26 bits per heavy atom. The van der Waals surface area contributed by atoms with Crippen LogP contribution in [0.15, 0.2) is 5.38 Å². The van der Waals surface area contributed by atoms with Crippen LogP contribution >= 0.6 is 22.9 Å². The van der Waals surface area contributed by atoms with Gasteiger partial charge in [-0.15, -0.1) is 22.9 Å². The summed E-state index contributed by atoms with van der Waals surface area (Å²) in [5, 5.41) is 3.32. The molecule has 3 atom stereocenters. The van der Waals surface area contributed by atoms with Gasteiger partial charge in [0, 0.05) is 24.5 Å². The standard InChI is InChI=1S/C14H24ClN3S/c1-5-12(14-16-11(6-15)9-19-14)18-7-10(2)13(8-18)17(3)4/h9-10,12-13H,5-8H2,1-4H3. The van der Waals surface area contributed by atoms with Crippen LogP contribution in [0.3, 0.4) is 0 Å². The summed E-state index contributed by atoms with van der Waals surface area (Å²) in [6.45, 7) is 6.91. The van der Waals surface area contributed by atoms with Crippen molar-refractivity contribution < 1.29 is 0 Å². The highest BCUT2D eigenvalue weighted by atomic mass is 35.5. The molecule has 5 heteroatoms. The maximum Gasteiger partial charge on any atom is 0.110 e. The quantitative estimate of drug-likeness (QED) is 0.779. The molecule has 0 spiro atoms. The summed E-state index contributed by atoms with van der Waals surface area (Å²) in [6.07, 6.45) is 1.11. The monoisotopic (exact) mass is 301 g/mol. The molecule has 0 saturated carbocycles. The van der Waals surface area contributed by atoms with E-state index >= 15 is 0 Å². The SMILES string of the molecule is CCC(c1nc(CCl)cs1)N1CC(C)C(N(C)C)C1. The van der Waals surface area contributed by atoms with E-state index in [0.717, 1.165) is 31.1 Å². The van der Waals surface area contributed by atoms with Gasteiger partial charge in [0.2, 0.25) is 0 Å². The fourth-order valence-electron chi connectivity index (χ4n) is 3.04. The molecule has 2 heterocycles. The molecule has 2 rings (SSSR count). The minimum atomic E-state index is 0.453. The molecule has 1 aromatic heterocycles. The van der Waals surface area contributed by atoms with E-state index in [1.54, 1.807) is 11.3 Å². The highest BCUT2D eigenvalue weighted by molar-refractivity contribution is 7.09. The van der Waals surface area contributed by atoms with Gasteiger partial charge in [-0.1, -0.05) is 13.8 Å². The van der Waals surface area contributed by atoms with Crippen molar-refractivity contribution in [2.24, 2.45) is 5.92 Å². The van der Waals surface area contributed by atoms with E-state index in [1.807, 2.05) is 0 Å². The smallest absolute Gasteiger partial charge is 0.110 e. The molecule has 1 aliphatic rings. The van der Waals surface area contributed by atoms with Gasteiger partial charge >= 0.3 is 0 Å². The normalized spacial score (nSPS) is 26.2. The van der Waals surface area contributed by atoms with Crippen molar-refractivity contribution in [2.75, 3.05) is 27.2 Å². The topological polar surface area (TPSA) is 19.4 Å². The van der Waals surface area contributed by atoms with E-state index in [0.29, 0.717) is 18.0 Å². The van der Waals surface area contributed by atoms with Crippen LogP contribution in [0.2, 0.25) is 0 Å². The van der Waals surface area contributed by atoms with Crippen LogP contribution in [0, 0.1) is 5.92 Å². The molecule has 1 fully saturated rings. The Morgan fingerprint density at radius 3 is 2.74 bits per heavy atom. The summed E-state index contributed by atoms with van der Waals surface area (Å²) < 4.78 is 0. The number of likely N-dealkylation sites (tertiary alicyclic amines) is 1. The van der Waals surface area contributed by atoms with Gasteiger partial charge in [-0.05, 0) is 26.4 Å². The van der Waals surface area contributed by atoms with Crippen LogP contribution in [0.1, 0.15) is 37.0 Å². The lowest BCUT2D eigenvalue weighted by Crippen LogP contribution is -2.35. The summed E-state index contributed by atoms with van der Waals surface area (Å²) in [7, 11) is 4.36. The maximum atomic E-state index is 5.86. The molecular formula is C14H24ClN3S. The number of aromatic nitrogens is 1. The Hall–Kier alpha value is -0.160. The van der Waals surface area contributed by atoms with Crippen LogP contribution < -0.4 is 0 Å². The van der Waals surface area contributed by atoms with Gasteiger partial charge in [-0.25, -0.2) is 4.98 Å². The number of halogens is 1. The molecule has 0 N–H and O–H groups in total.